The van der Waals surface area contributed by atoms with Gasteiger partial charge in [-0.25, -0.2) is 26.0 Å². The third-order valence-corrected chi connectivity index (χ3v) is 5.05. The number of nitrogens with one attached hydrogen (secondary N) is 1. The van der Waals surface area contributed by atoms with Gasteiger partial charge in [-0.3, -0.25) is 0 Å². The predicted octanol–water partition coefficient (Wildman–Crippen LogP) is 2.03. The van der Waals surface area contributed by atoms with Crippen LogP contribution in [0, 0.1) is 0 Å². The van der Waals surface area contributed by atoms with Crippen LogP contribution in [0.4, 0.5) is 43.9 Å². The normalized spacial score (nSPS) is 15.4. The van der Waals surface area contributed by atoms with Crippen molar-refractivity contribution in [3.8, 4) is 0 Å². The molecule has 0 aliphatic carbocycles. The van der Waals surface area contributed by atoms with E-state index in [1.165, 1.54) is 0 Å². The van der Waals surface area contributed by atoms with Crippen molar-refractivity contribution in [2.24, 2.45) is 0 Å². The van der Waals surface area contributed by atoms with Crippen LogP contribution in [-0.2, 0) is 24.8 Å². The van der Waals surface area contributed by atoms with Crippen molar-refractivity contribution in [1.29, 1.82) is 0 Å². The van der Waals surface area contributed by atoms with Crippen LogP contribution in [0.25, 0.3) is 0 Å². The summed E-state index contributed by atoms with van der Waals surface area (Å²) in [5.41, 5.74) is -6.54. The first kappa shape index (κ1) is 22.9. The molecule has 18 heteroatoms. The summed E-state index contributed by atoms with van der Waals surface area (Å²) >= 11 is 0. The van der Waals surface area contributed by atoms with Crippen LogP contribution in [-0.4, -0.2) is 39.8 Å². The van der Waals surface area contributed by atoms with Crippen LogP contribution in [0.2, 0.25) is 0 Å². The molecule has 0 atom stereocenters. The second kappa shape index (κ2) is 5.99. The molecule has 0 rings (SSSR count). The number of hydrogen-bond donors (Lipinski definition) is 1. The molecule has 0 spiro atoms. The van der Waals surface area contributed by atoms with E-state index in [1.54, 1.807) is 6.58 Å². The van der Waals surface area contributed by atoms with E-state index < -0.39 is 53.0 Å². The Morgan fingerprint density at radius 2 is 1.21 bits per heavy atom. The van der Waals surface area contributed by atoms with Gasteiger partial charge in [0.1, 0.15) is 0 Å². The van der Waals surface area contributed by atoms with Gasteiger partial charge in [-0.2, -0.15) is 39.5 Å². The van der Waals surface area contributed by atoms with Gasteiger partial charge in [-0.1, -0.05) is 10.7 Å². The molecule has 24 heavy (non-hydrogen) atoms. The fourth-order valence-electron chi connectivity index (χ4n) is 0.676. The smallest absolute Gasteiger partial charge is 0.244 e. The summed E-state index contributed by atoms with van der Waals surface area (Å²) < 4.78 is 168. The van der Waals surface area contributed by atoms with Gasteiger partial charge in [0.05, 0.1) is 0 Å². The van der Waals surface area contributed by atoms with Gasteiger partial charge in [0.2, 0.25) is 0 Å². The SMILES string of the molecule is C=C(F)C(F)(F)OC(F)(F)C(F)(F)S(=O)(=O)NS(=O)(=O)C(F)(F)F. The zero-order chi connectivity index (χ0) is 20.0. The minimum absolute atomic E-state index is 0.818. The van der Waals surface area contributed by atoms with E-state index in [-0.39, 0.29) is 0 Å². The first-order valence-corrected chi connectivity index (χ1v) is 7.60. The number of rotatable bonds is 7. The number of alkyl halides is 9. The average Bonchev–Trinajstić information content (AvgIpc) is 2.23. The molecule has 0 heterocycles. The van der Waals surface area contributed by atoms with Crippen molar-refractivity contribution in [2.75, 3.05) is 0 Å². The minimum atomic E-state index is -7.51. The van der Waals surface area contributed by atoms with E-state index in [4.69, 9.17) is 0 Å². The fourth-order valence-corrected chi connectivity index (χ4v) is 2.98. The van der Waals surface area contributed by atoms with Crippen LogP contribution in [0.5, 0.6) is 0 Å². The Bertz CT molecular complexity index is 709. The van der Waals surface area contributed by atoms with Crippen LogP contribution in [0.3, 0.4) is 0 Å². The third kappa shape index (κ3) is 4.28. The molecule has 144 valence electrons. The summed E-state index contributed by atoms with van der Waals surface area (Å²) in [4.78, 5) is 0. The fraction of sp³-hybridized carbons (Fsp3) is 0.667. The van der Waals surface area contributed by atoms with Crippen molar-refractivity contribution < 1.29 is 65.5 Å². The Morgan fingerprint density at radius 1 is 0.833 bits per heavy atom. The molecule has 0 bridgehead atoms. The Labute approximate surface area is 126 Å². The lowest BCUT2D eigenvalue weighted by Gasteiger charge is -2.28. The van der Waals surface area contributed by atoms with Gasteiger partial charge in [-0.15, -0.1) is 0 Å². The monoisotopic (exact) mass is 423 g/mol. The molecule has 0 aromatic heterocycles. The maximum absolute atomic E-state index is 13.0. The Morgan fingerprint density at radius 3 is 1.50 bits per heavy atom. The van der Waals surface area contributed by atoms with Gasteiger partial charge in [-0.05, 0) is 0 Å². The molecule has 1 N–H and O–H groups in total. The summed E-state index contributed by atoms with van der Waals surface area (Å²) in [6.45, 7) is 1.72. The summed E-state index contributed by atoms with van der Waals surface area (Å²) in [6.07, 6.45) is -12.8. The summed E-state index contributed by atoms with van der Waals surface area (Å²) in [5, 5.41) is -7.00. The molecule has 0 unspecified atom stereocenters. The predicted molar refractivity (Wildman–Crippen MR) is 53.2 cm³/mol. The standard InChI is InChI=1S/C6H3F10NO5S2/c1-2(7)3(8,9)22-4(10,11)5(12,13)23(18,19)17-24(20,21)6(14,15)16/h17H,1H2. The lowest BCUT2D eigenvalue weighted by molar-refractivity contribution is -0.404. The molecular weight excluding hydrogens is 420 g/mol. The molecule has 0 aromatic rings. The lowest BCUT2D eigenvalue weighted by Crippen LogP contribution is -2.57. The van der Waals surface area contributed by atoms with E-state index in [9.17, 15) is 60.7 Å². The van der Waals surface area contributed by atoms with E-state index in [1.807, 2.05) is 4.74 Å². The molecule has 6 nitrogen and oxygen atoms in total. The van der Waals surface area contributed by atoms with E-state index in [0.29, 0.717) is 0 Å². The number of ether oxygens (including phenoxy) is 1. The van der Waals surface area contributed by atoms with E-state index >= 15 is 0 Å². The highest BCUT2D eigenvalue weighted by Gasteiger charge is 2.72. The molecule has 0 saturated carbocycles. The van der Waals surface area contributed by atoms with Crippen LogP contribution in [0.1, 0.15) is 0 Å². The molecular formula is C6H3F10NO5S2. The summed E-state index contributed by atoms with van der Waals surface area (Å²) in [7, 11) is -14.7. The Hall–Kier alpha value is -1.14. The van der Waals surface area contributed by atoms with Crippen molar-refractivity contribution in [3.63, 3.8) is 0 Å². The number of halogens is 10. The molecule has 0 aromatic carbocycles. The highest BCUT2D eigenvalue weighted by atomic mass is 32.3. The van der Waals surface area contributed by atoms with E-state index in [0.717, 1.165) is 0 Å². The van der Waals surface area contributed by atoms with Crippen molar-refractivity contribution in [3.05, 3.63) is 12.4 Å². The Kier molecular flexibility index (Phi) is 5.70. The molecule has 0 saturated heterocycles. The van der Waals surface area contributed by atoms with Gasteiger partial charge in [0.15, 0.2) is 5.83 Å². The zero-order valence-corrected chi connectivity index (χ0v) is 12.0. The quantitative estimate of drug-likeness (QED) is 0.634. The zero-order valence-electron chi connectivity index (χ0n) is 10.3. The second-order valence-corrected chi connectivity index (χ2v) is 7.25. The molecule has 0 aliphatic rings. The minimum Gasteiger partial charge on any atom is -0.244 e. The highest BCUT2D eigenvalue weighted by molar-refractivity contribution is 8.05. The van der Waals surface area contributed by atoms with Crippen molar-refractivity contribution in [2.45, 2.75) is 23.0 Å². The maximum Gasteiger partial charge on any atom is 0.512 e. The molecule has 0 fully saturated rings. The van der Waals surface area contributed by atoms with E-state index in [2.05, 4.69) is 0 Å². The largest absolute Gasteiger partial charge is 0.512 e. The first-order chi connectivity index (χ1) is 10.1. The lowest BCUT2D eigenvalue weighted by atomic mass is 10.5. The van der Waals surface area contributed by atoms with Crippen LogP contribution >= 0.6 is 0 Å². The van der Waals surface area contributed by atoms with Gasteiger partial charge in [0, 0.05) is 0 Å². The molecule has 0 amide bonds. The third-order valence-electron chi connectivity index (χ3n) is 1.77. The average molecular weight is 423 g/mol. The summed E-state index contributed by atoms with van der Waals surface area (Å²) in [5.74, 6) is -3.09. The number of sulfonamides is 2. The van der Waals surface area contributed by atoms with Crippen molar-refractivity contribution >= 4 is 20.0 Å². The Balaban J connectivity index is 5.92. The van der Waals surface area contributed by atoms with Gasteiger partial charge in [0.25, 0.3) is 10.0 Å². The highest BCUT2D eigenvalue weighted by Crippen LogP contribution is 2.44. The molecule has 0 radical (unpaired) electrons. The number of hydrogen-bond acceptors (Lipinski definition) is 5. The van der Waals surface area contributed by atoms with Crippen LogP contribution < -0.4 is 4.13 Å². The van der Waals surface area contributed by atoms with Gasteiger partial charge >= 0.3 is 33.0 Å². The summed E-state index contributed by atoms with van der Waals surface area (Å²) in [6, 6.07) is 0. The van der Waals surface area contributed by atoms with Gasteiger partial charge < -0.3 is 0 Å². The van der Waals surface area contributed by atoms with Crippen LogP contribution in [0.15, 0.2) is 12.4 Å². The second-order valence-electron chi connectivity index (χ2n) is 3.59. The first-order valence-electron chi connectivity index (χ1n) is 4.63. The maximum atomic E-state index is 13.0. The van der Waals surface area contributed by atoms with Crippen molar-refractivity contribution in [1.82, 2.24) is 4.13 Å². The topological polar surface area (TPSA) is 89.5 Å². The molecule has 0 aliphatic heterocycles.